The summed E-state index contributed by atoms with van der Waals surface area (Å²) in [5.41, 5.74) is -0.551. The zero-order valence-electron chi connectivity index (χ0n) is 8.69. The molecule has 0 saturated carbocycles. The quantitative estimate of drug-likeness (QED) is 0.652. The van der Waals surface area contributed by atoms with Gasteiger partial charge in [0.1, 0.15) is 5.60 Å². The van der Waals surface area contributed by atoms with E-state index >= 15 is 0 Å². The maximum Gasteiger partial charge on any atom is 0.216 e. The third-order valence-corrected chi connectivity index (χ3v) is 1.47. The number of aromatic nitrogens is 1. The second-order valence-corrected chi connectivity index (χ2v) is 4.06. The smallest absolute Gasteiger partial charge is 0.216 e. The van der Waals surface area contributed by atoms with Crippen LogP contribution in [0.15, 0.2) is 6.07 Å². The largest absolute Gasteiger partial charge is 0.485 e. The minimum absolute atomic E-state index is 0.00394. The Morgan fingerprint density at radius 1 is 1.29 bits per heavy atom. The first-order valence-electron chi connectivity index (χ1n) is 4.31. The first-order chi connectivity index (χ1) is 6.29. The fourth-order valence-electron chi connectivity index (χ4n) is 0.996. The Balaban J connectivity index is 3.09. The molecule has 0 aliphatic rings. The van der Waals surface area contributed by atoms with Gasteiger partial charge in [-0.2, -0.15) is 4.39 Å². The molecular formula is C10H13F2NO. The highest BCUT2D eigenvalue weighted by Crippen LogP contribution is 2.23. The second kappa shape index (κ2) is 3.52. The maximum absolute atomic E-state index is 13.4. The van der Waals surface area contributed by atoms with E-state index in [0.29, 0.717) is 0 Å². The van der Waals surface area contributed by atoms with Crippen LogP contribution in [0.3, 0.4) is 0 Å². The van der Waals surface area contributed by atoms with Gasteiger partial charge in [0, 0.05) is 6.07 Å². The lowest BCUT2D eigenvalue weighted by molar-refractivity contribution is 0.123. The minimum atomic E-state index is -0.733. The van der Waals surface area contributed by atoms with Gasteiger partial charge in [-0.15, -0.1) is 0 Å². The topological polar surface area (TPSA) is 22.1 Å². The highest BCUT2D eigenvalue weighted by Gasteiger charge is 2.17. The van der Waals surface area contributed by atoms with Crippen molar-refractivity contribution in [3.05, 3.63) is 23.5 Å². The molecule has 1 rings (SSSR count). The molecule has 1 heterocycles. The van der Waals surface area contributed by atoms with Crippen LogP contribution in [0.4, 0.5) is 8.78 Å². The molecule has 14 heavy (non-hydrogen) atoms. The van der Waals surface area contributed by atoms with Gasteiger partial charge in [-0.25, -0.2) is 9.37 Å². The Labute approximate surface area is 81.9 Å². The van der Waals surface area contributed by atoms with Crippen molar-refractivity contribution >= 4 is 0 Å². The molecule has 0 bridgehead atoms. The summed E-state index contributed by atoms with van der Waals surface area (Å²) in [6.45, 7) is 6.69. The summed E-state index contributed by atoms with van der Waals surface area (Å²) in [7, 11) is 0. The number of aryl methyl sites for hydroxylation is 1. The van der Waals surface area contributed by atoms with E-state index in [1.54, 1.807) is 20.8 Å². The number of pyridine rings is 1. The summed E-state index contributed by atoms with van der Waals surface area (Å²) in [5, 5.41) is 0. The molecule has 0 saturated heterocycles. The van der Waals surface area contributed by atoms with Gasteiger partial charge < -0.3 is 4.74 Å². The van der Waals surface area contributed by atoms with Gasteiger partial charge in [-0.05, 0) is 27.7 Å². The zero-order chi connectivity index (χ0) is 10.9. The number of rotatable bonds is 1. The predicted octanol–water partition coefficient (Wildman–Crippen LogP) is 2.85. The van der Waals surface area contributed by atoms with Crippen molar-refractivity contribution in [1.29, 1.82) is 0 Å². The van der Waals surface area contributed by atoms with E-state index in [2.05, 4.69) is 4.98 Å². The highest BCUT2D eigenvalue weighted by molar-refractivity contribution is 5.26. The standard InChI is InChI=1S/C10H13F2NO/c1-6-9(12)7(5-8(11)13-6)14-10(2,3)4/h5H,1-4H3. The van der Waals surface area contributed by atoms with Gasteiger partial charge in [0.25, 0.3) is 0 Å². The number of hydrogen-bond donors (Lipinski definition) is 0. The van der Waals surface area contributed by atoms with E-state index < -0.39 is 17.4 Å². The van der Waals surface area contributed by atoms with Crippen molar-refractivity contribution < 1.29 is 13.5 Å². The second-order valence-electron chi connectivity index (χ2n) is 4.06. The van der Waals surface area contributed by atoms with Crippen molar-refractivity contribution in [1.82, 2.24) is 4.98 Å². The first kappa shape index (κ1) is 10.9. The van der Waals surface area contributed by atoms with Gasteiger partial charge in [0.15, 0.2) is 11.6 Å². The zero-order valence-corrected chi connectivity index (χ0v) is 8.69. The lowest BCUT2D eigenvalue weighted by Crippen LogP contribution is -2.24. The summed E-state index contributed by atoms with van der Waals surface area (Å²) in [5.74, 6) is -1.44. The monoisotopic (exact) mass is 201 g/mol. The molecule has 0 amide bonds. The summed E-state index contributed by atoms with van der Waals surface area (Å²) in [6.07, 6.45) is 0. The van der Waals surface area contributed by atoms with Crippen LogP contribution in [0.5, 0.6) is 5.75 Å². The van der Waals surface area contributed by atoms with E-state index in [1.807, 2.05) is 0 Å². The van der Waals surface area contributed by atoms with E-state index in [1.165, 1.54) is 6.92 Å². The van der Waals surface area contributed by atoms with Crippen LogP contribution in [0.25, 0.3) is 0 Å². The number of hydrogen-bond acceptors (Lipinski definition) is 2. The predicted molar refractivity (Wildman–Crippen MR) is 49.3 cm³/mol. The van der Waals surface area contributed by atoms with Crippen LogP contribution in [0.2, 0.25) is 0 Å². The highest BCUT2D eigenvalue weighted by atomic mass is 19.1. The molecule has 1 aromatic rings. The molecule has 0 radical (unpaired) electrons. The Morgan fingerprint density at radius 2 is 1.86 bits per heavy atom. The molecule has 0 spiro atoms. The average Bonchev–Trinajstić information content (AvgIpc) is 1.96. The summed E-state index contributed by atoms with van der Waals surface area (Å²) < 4.78 is 31.4. The summed E-state index contributed by atoms with van der Waals surface area (Å²) >= 11 is 0. The Kier molecular flexibility index (Phi) is 2.73. The molecule has 78 valence electrons. The van der Waals surface area contributed by atoms with E-state index in [0.717, 1.165) is 6.07 Å². The van der Waals surface area contributed by atoms with E-state index in [4.69, 9.17) is 4.74 Å². The van der Waals surface area contributed by atoms with Crippen LogP contribution in [-0.2, 0) is 0 Å². The van der Waals surface area contributed by atoms with Crippen LogP contribution in [-0.4, -0.2) is 10.6 Å². The molecule has 0 fully saturated rings. The molecule has 0 unspecified atom stereocenters. The molecular weight excluding hydrogens is 188 g/mol. The number of halogens is 2. The first-order valence-corrected chi connectivity index (χ1v) is 4.31. The van der Waals surface area contributed by atoms with Crippen LogP contribution in [0, 0.1) is 18.7 Å². The normalized spacial score (nSPS) is 11.6. The third kappa shape index (κ3) is 2.65. The fourth-order valence-corrected chi connectivity index (χ4v) is 0.996. The van der Waals surface area contributed by atoms with Crippen molar-refractivity contribution in [3.8, 4) is 5.75 Å². The van der Waals surface area contributed by atoms with Crippen molar-refractivity contribution in [2.75, 3.05) is 0 Å². The molecule has 4 heteroatoms. The Morgan fingerprint density at radius 3 is 2.36 bits per heavy atom. The van der Waals surface area contributed by atoms with E-state index in [-0.39, 0.29) is 11.4 Å². The van der Waals surface area contributed by atoms with Crippen molar-refractivity contribution in [2.45, 2.75) is 33.3 Å². The fraction of sp³-hybridized carbons (Fsp3) is 0.500. The molecule has 0 aliphatic carbocycles. The Hall–Kier alpha value is -1.19. The van der Waals surface area contributed by atoms with Gasteiger partial charge in [-0.1, -0.05) is 0 Å². The van der Waals surface area contributed by atoms with Gasteiger partial charge >= 0.3 is 0 Å². The van der Waals surface area contributed by atoms with Crippen LogP contribution < -0.4 is 4.74 Å². The third-order valence-electron chi connectivity index (χ3n) is 1.47. The van der Waals surface area contributed by atoms with Crippen LogP contribution >= 0.6 is 0 Å². The van der Waals surface area contributed by atoms with E-state index in [9.17, 15) is 8.78 Å². The molecule has 0 N–H and O–H groups in total. The molecule has 1 aromatic heterocycles. The molecule has 0 aromatic carbocycles. The van der Waals surface area contributed by atoms with Gasteiger partial charge in [-0.3, -0.25) is 0 Å². The van der Waals surface area contributed by atoms with Crippen molar-refractivity contribution in [3.63, 3.8) is 0 Å². The SMILES string of the molecule is Cc1nc(F)cc(OC(C)(C)C)c1F. The number of ether oxygens (including phenoxy) is 1. The van der Waals surface area contributed by atoms with Crippen molar-refractivity contribution in [2.24, 2.45) is 0 Å². The van der Waals surface area contributed by atoms with Crippen LogP contribution in [0.1, 0.15) is 26.5 Å². The lowest BCUT2D eigenvalue weighted by Gasteiger charge is -2.21. The average molecular weight is 201 g/mol. The Bertz CT molecular complexity index is 345. The number of nitrogens with zero attached hydrogens (tertiary/aromatic N) is 1. The minimum Gasteiger partial charge on any atom is -0.485 e. The maximum atomic E-state index is 13.4. The summed E-state index contributed by atoms with van der Waals surface area (Å²) in [4.78, 5) is 3.34. The van der Waals surface area contributed by atoms with Gasteiger partial charge in [0.2, 0.25) is 5.95 Å². The molecule has 0 aliphatic heterocycles. The van der Waals surface area contributed by atoms with Gasteiger partial charge in [0.05, 0.1) is 5.69 Å². The molecule has 2 nitrogen and oxygen atoms in total. The summed E-state index contributed by atoms with van der Waals surface area (Å²) in [6, 6.07) is 0.952. The lowest BCUT2D eigenvalue weighted by atomic mass is 10.2. The molecule has 0 atom stereocenters.